The summed E-state index contributed by atoms with van der Waals surface area (Å²) in [6.07, 6.45) is 4.05. The first-order chi connectivity index (χ1) is 13.3. The van der Waals surface area contributed by atoms with Crippen LogP contribution in [0.3, 0.4) is 0 Å². The number of benzene rings is 2. The van der Waals surface area contributed by atoms with Gasteiger partial charge in [-0.2, -0.15) is 0 Å². The van der Waals surface area contributed by atoms with Crippen LogP contribution in [-0.2, 0) is 14.2 Å². The van der Waals surface area contributed by atoms with Gasteiger partial charge in [-0.3, -0.25) is 0 Å². The van der Waals surface area contributed by atoms with Crippen molar-refractivity contribution in [2.75, 3.05) is 40.1 Å². The highest BCUT2D eigenvalue weighted by Crippen LogP contribution is 2.25. The van der Waals surface area contributed by atoms with E-state index in [0.29, 0.717) is 26.4 Å². The zero-order valence-electron chi connectivity index (χ0n) is 16.4. The minimum atomic E-state index is 0.501. The van der Waals surface area contributed by atoms with Crippen LogP contribution in [0.15, 0.2) is 60.9 Å². The van der Waals surface area contributed by atoms with Crippen molar-refractivity contribution in [2.24, 2.45) is 0 Å². The first kappa shape index (κ1) is 21.0. The molecule has 0 aliphatic heterocycles. The van der Waals surface area contributed by atoms with Gasteiger partial charge in [0.1, 0.15) is 12.4 Å². The van der Waals surface area contributed by atoms with Gasteiger partial charge in [0, 0.05) is 12.2 Å². The van der Waals surface area contributed by atoms with Gasteiger partial charge in [0.2, 0.25) is 0 Å². The Hall–Kier alpha value is -2.30. The predicted octanol–water partition coefficient (Wildman–Crippen LogP) is 4.93. The lowest BCUT2D eigenvalue weighted by Crippen LogP contribution is -2.08. The van der Waals surface area contributed by atoms with Gasteiger partial charge >= 0.3 is 0 Å². The van der Waals surface area contributed by atoms with Gasteiger partial charge in [-0.1, -0.05) is 55.8 Å². The molecule has 0 saturated heterocycles. The Balaban J connectivity index is 1.85. The van der Waals surface area contributed by atoms with Gasteiger partial charge in [0.25, 0.3) is 0 Å². The molecule has 0 fully saturated rings. The molecule has 0 aliphatic carbocycles. The van der Waals surface area contributed by atoms with Gasteiger partial charge in [-0.15, -0.1) is 0 Å². The van der Waals surface area contributed by atoms with Crippen molar-refractivity contribution < 1.29 is 18.9 Å². The summed E-state index contributed by atoms with van der Waals surface area (Å²) in [5.74, 6) is 0.835. The Morgan fingerprint density at radius 3 is 2.07 bits per heavy atom. The van der Waals surface area contributed by atoms with E-state index in [9.17, 15) is 0 Å². The molecule has 4 heteroatoms. The van der Waals surface area contributed by atoms with E-state index in [1.807, 2.05) is 42.5 Å². The maximum Gasteiger partial charge on any atom is 0.118 e. The van der Waals surface area contributed by atoms with Gasteiger partial charge < -0.3 is 18.9 Å². The molecule has 0 heterocycles. The van der Waals surface area contributed by atoms with Crippen LogP contribution >= 0.6 is 0 Å². The van der Waals surface area contributed by atoms with Gasteiger partial charge in [-0.25, -0.2) is 0 Å². The highest BCUT2D eigenvalue weighted by molar-refractivity contribution is 5.79. The molecular formula is C23H30O4. The molecule has 0 N–H and O–H groups in total. The lowest BCUT2D eigenvalue weighted by atomic mass is 9.99. The Morgan fingerprint density at radius 2 is 1.41 bits per heavy atom. The summed E-state index contributed by atoms with van der Waals surface area (Å²) in [7, 11) is 1.67. The average molecular weight is 370 g/mol. The van der Waals surface area contributed by atoms with E-state index in [1.165, 1.54) is 0 Å². The van der Waals surface area contributed by atoms with Crippen LogP contribution in [-0.4, -0.2) is 40.1 Å². The van der Waals surface area contributed by atoms with Crippen molar-refractivity contribution in [1.29, 1.82) is 0 Å². The average Bonchev–Trinajstić information content (AvgIpc) is 2.73. The fourth-order valence-electron chi connectivity index (χ4n) is 2.51. The molecule has 0 amide bonds. The van der Waals surface area contributed by atoms with Crippen molar-refractivity contribution in [3.05, 3.63) is 72.0 Å². The number of ether oxygens (including phenoxy) is 4. The topological polar surface area (TPSA) is 36.9 Å². The summed E-state index contributed by atoms with van der Waals surface area (Å²) >= 11 is 0. The summed E-state index contributed by atoms with van der Waals surface area (Å²) in [6, 6.07) is 18.2. The number of rotatable bonds is 13. The highest BCUT2D eigenvalue weighted by Gasteiger charge is 2.06. The molecule has 2 rings (SSSR count). The molecular weight excluding hydrogens is 340 g/mol. The Bertz CT molecular complexity index is 650. The molecule has 0 saturated carbocycles. The fraction of sp³-hybridized carbons (Fsp3) is 0.391. The zero-order valence-corrected chi connectivity index (χ0v) is 16.4. The summed E-state index contributed by atoms with van der Waals surface area (Å²) in [4.78, 5) is 0. The van der Waals surface area contributed by atoms with Crippen LogP contribution in [0.5, 0.6) is 5.75 Å². The molecule has 0 unspecified atom stereocenters. The number of unbranched alkanes of at least 4 members (excludes halogenated alkanes) is 1. The van der Waals surface area contributed by atoms with Crippen molar-refractivity contribution >= 4 is 5.57 Å². The summed E-state index contributed by atoms with van der Waals surface area (Å²) in [5, 5.41) is 0. The second-order valence-electron chi connectivity index (χ2n) is 6.08. The van der Waals surface area contributed by atoms with E-state index in [-0.39, 0.29) is 0 Å². The van der Waals surface area contributed by atoms with Crippen LogP contribution < -0.4 is 4.74 Å². The maximum atomic E-state index is 5.75. The van der Waals surface area contributed by atoms with E-state index in [4.69, 9.17) is 18.9 Å². The summed E-state index contributed by atoms with van der Waals surface area (Å²) in [5.41, 5.74) is 3.21. The third-order valence-electron chi connectivity index (χ3n) is 4.05. The van der Waals surface area contributed by atoms with Gasteiger partial charge in [0.05, 0.1) is 33.2 Å². The first-order valence-corrected chi connectivity index (χ1v) is 9.52. The second kappa shape index (κ2) is 13.0. The number of hydrogen-bond acceptors (Lipinski definition) is 4. The Morgan fingerprint density at radius 1 is 0.778 bits per heavy atom. The van der Waals surface area contributed by atoms with Crippen molar-refractivity contribution in [3.63, 3.8) is 0 Å². The molecule has 27 heavy (non-hydrogen) atoms. The molecule has 0 radical (unpaired) electrons. The maximum absolute atomic E-state index is 5.75. The zero-order chi connectivity index (χ0) is 19.2. The lowest BCUT2D eigenvalue weighted by molar-refractivity contribution is 0.0300. The van der Waals surface area contributed by atoms with Gasteiger partial charge in [0.15, 0.2) is 0 Å². The second-order valence-corrected chi connectivity index (χ2v) is 6.08. The van der Waals surface area contributed by atoms with Crippen molar-refractivity contribution in [2.45, 2.75) is 19.8 Å². The van der Waals surface area contributed by atoms with Crippen LogP contribution in [0.4, 0.5) is 0 Å². The molecule has 2 aromatic carbocycles. The van der Waals surface area contributed by atoms with E-state index in [2.05, 4.69) is 19.1 Å². The molecule has 4 nitrogen and oxygen atoms in total. The van der Waals surface area contributed by atoms with Crippen LogP contribution in [0.25, 0.3) is 5.57 Å². The van der Waals surface area contributed by atoms with E-state index >= 15 is 0 Å². The SMILES string of the molecule is CCCCOCCOCCO/C=C(/c1ccccc1)c1ccc(OC)cc1. The number of hydrogen-bond donors (Lipinski definition) is 0. The fourth-order valence-corrected chi connectivity index (χ4v) is 2.51. The van der Waals surface area contributed by atoms with E-state index in [0.717, 1.165) is 41.9 Å². The lowest BCUT2D eigenvalue weighted by Gasteiger charge is -2.10. The van der Waals surface area contributed by atoms with Crippen molar-refractivity contribution in [1.82, 2.24) is 0 Å². The number of methoxy groups -OCH3 is 1. The standard InChI is InChI=1S/C23H30O4/c1-3-4-14-25-15-16-26-17-18-27-19-23(20-8-6-5-7-9-20)21-10-12-22(24-2)13-11-21/h5-13,19H,3-4,14-18H2,1-2H3/b23-19-. The Labute approximate surface area is 162 Å². The normalized spacial score (nSPS) is 11.4. The first-order valence-electron chi connectivity index (χ1n) is 9.52. The smallest absolute Gasteiger partial charge is 0.118 e. The highest BCUT2D eigenvalue weighted by atomic mass is 16.5. The quantitative estimate of drug-likeness (QED) is 0.370. The predicted molar refractivity (Wildman–Crippen MR) is 109 cm³/mol. The third-order valence-corrected chi connectivity index (χ3v) is 4.05. The van der Waals surface area contributed by atoms with Gasteiger partial charge in [-0.05, 0) is 29.7 Å². The molecule has 0 spiro atoms. The van der Waals surface area contributed by atoms with E-state index < -0.39 is 0 Å². The molecule has 0 aliphatic rings. The summed E-state index contributed by atoms with van der Waals surface area (Å²) < 4.78 is 22.0. The molecule has 146 valence electrons. The van der Waals surface area contributed by atoms with Crippen LogP contribution in [0.2, 0.25) is 0 Å². The van der Waals surface area contributed by atoms with Crippen LogP contribution in [0, 0.1) is 0 Å². The largest absolute Gasteiger partial charge is 0.498 e. The molecule has 0 aromatic heterocycles. The molecule has 0 bridgehead atoms. The molecule has 0 atom stereocenters. The van der Waals surface area contributed by atoms with Crippen molar-refractivity contribution in [3.8, 4) is 5.75 Å². The minimum Gasteiger partial charge on any atom is -0.498 e. The summed E-state index contributed by atoms with van der Waals surface area (Å²) in [6.45, 7) is 5.24. The third kappa shape index (κ3) is 7.85. The molecule has 2 aromatic rings. The van der Waals surface area contributed by atoms with E-state index in [1.54, 1.807) is 13.4 Å². The minimum absolute atomic E-state index is 0.501. The monoisotopic (exact) mass is 370 g/mol. The van der Waals surface area contributed by atoms with Crippen LogP contribution in [0.1, 0.15) is 30.9 Å². The Kier molecular flexibility index (Phi) is 10.1.